The minimum atomic E-state index is -4.44. The van der Waals surface area contributed by atoms with E-state index in [0.29, 0.717) is 23.0 Å². The van der Waals surface area contributed by atoms with Crippen molar-refractivity contribution in [2.45, 2.75) is 18.9 Å². The maximum absolute atomic E-state index is 13.0. The Balaban J connectivity index is 0.00000320. The van der Waals surface area contributed by atoms with Crippen molar-refractivity contribution in [3.8, 4) is 11.7 Å². The topological polar surface area (TPSA) is 79.1 Å². The van der Waals surface area contributed by atoms with Gasteiger partial charge >= 0.3 is 18.1 Å². The predicted molar refractivity (Wildman–Crippen MR) is 105 cm³/mol. The van der Waals surface area contributed by atoms with E-state index in [2.05, 4.69) is 9.97 Å². The number of hydrogen-bond acceptors (Lipinski definition) is 5. The lowest BCUT2D eigenvalue weighted by Crippen LogP contribution is -3.00. The van der Waals surface area contributed by atoms with Crippen LogP contribution < -0.4 is 21.7 Å². The van der Waals surface area contributed by atoms with Crippen LogP contribution in [0.4, 0.5) is 13.2 Å². The molecule has 0 radical (unpaired) electrons. The average molecular weight is 480 g/mol. The zero-order valence-electron chi connectivity index (χ0n) is 15.8. The molecular weight excluding hydrogens is 463 g/mol. The summed E-state index contributed by atoms with van der Waals surface area (Å²) in [5.74, 6) is 0.514. The van der Waals surface area contributed by atoms with E-state index in [4.69, 9.17) is 9.84 Å². The molecule has 2 N–H and O–H groups in total. The number of alkyl halides is 3. The van der Waals surface area contributed by atoms with E-state index in [1.54, 1.807) is 23.9 Å². The fourth-order valence-electron chi connectivity index (χ4n) is 2.75. The molecule has 0 amide bonds. The number of nitrogens with zero attached hydrogens (tertiary/aromatic N) is 2. The summed E-state index contributed by atoms with van der Waals surface area (Å²) >= 11 is 0. The Morgan fingerprint density at radius 1 is 1.30 bits per heavy atom. The number of carboxylic acids is 1. The minimum absolute atomic E-state index is 0. The van der Waals surface area contributed by atoms with Crippen LogP contribution in [0.25, 0.3) is 17.0 Å². The Hall–Kier alpha value is -2.11. The van der Waals surface area contributed by atoms with Gasteiger partial charge in [-0.1, -0.05) is 26.6 Å². The van der Waals surface area contributed by atoms with E-state index >= 15 is 0 Å². The van der Waals surface area contributed by atoms with Crippen LogP contribution >= 0.6 is 21.6 Å². The van der Waals surface area contributed by atoms with E-state index in [-0.39, 0.29) is 23.7 Å². The summed E-state index contributed by atoms with van der Waals surface area (Å²) in [6.07, 6.45) is -2.73. The highest BCUT2D eigenvalue weighted by Crippen LogP contribution is 2.31. The second-order valence-corrected chi connectivity index (χ2v) is 8.50. The lowest BCUT2D eigenvalue weighted by atomic mass is 10.2. The number of hydrogen-bond donors (Lipinski definition) is 2. The summed E-state index contributed by atoms with van der Waals surface area (Å²) in [6, 6.07) is 5.10. The Morgan fingerprint density at radius 3 is 2.67 bits per heavy atom. The van der Waals surface area contributed by atoms with Crippen molar-refractivity contribution >= 4 is 38.6 Å². The predicted octanol–water partition coefficient (Wildman–Crippen LogP) is 1.15. The van der Waals surface area contributed by atoms with Gasteiger partial charge in [0, 0.05) is 11.6 Å². The molecule has 0 bridgehead atoms. The SMILES string of the molecule is COc1cc[n+](-c2nc3cc(C(F)(F)F)ccc3[nH]2)c(CSSCC(=O)O)c1C.[Cl-]. The van der Waals surface area contributed by atoms with E-state index in [1.807, 2.05) is 6.92 Å². The van der Waals surface area contributed by atoms with Gasteiger partial charge in [0.25, 0.3) is 0 Å². The molecule has 0 aliphatic heterocycles. The normalized spacial score (nSPS) is 11.4. The van der Waals surface area contributed by atoms with Crippen LogP contribution in [0.15, 0.2) is 30.5 Å². The third kappa shape index (κ3) is 5.32. The molecule has 1 aromatic carbocycles. The van der Waals surface area contributed by atoms with Crippen LogP contribution in [0.5, 0.6) is 5.75 Å². The third-order valence-electron chi connectivity index (χ3n) is 4.18. The summed E-state index contributed by atoms with van der Waals surface area (Å²) in [7, 11) is 4.10. The zero-order chi connectivity index (χ0) is 21.2. The molecular formula is C18H17ClF3N3O3S2. The summed E-state index contributed by atoms with van der Waals surface area (Å²) in [5, 5.41) is 8.79. The lowest BCUT2D eigenvalue weighted by molar-refractivity contribution is -0.610. The number of aromatic amines is 1. The quantitative estimate of drug-likeness (QED) is 0.301. The van der Waals surface area contributed by atoms with Gasteiger partial charge in [0.2, 0.25) is 0 Å². The van der Waals surface area contributed by atoms with Gasteiger partial charge in [-0.25, -0.2) is 9.55 Å². The highest BCUT2D eigenvalue weighted by Gasteiger charge is 2.32. The number of carbonyl (C=O) groups is 1. The number of carboxylic acid groups (broad SMARTS) is 1. The molecule has 30 heavy (non-hydrogen) atoms. The molecule has 2 heterocycles. The van der Waals surface area contributed by atoms with E-state index in [1.165, 1.54) is 27.7 Å². The van der Waals surface area contributed by atoms with Crippen LogP contribution in [0.2, 0.25) is 0 Å². The number of ether oxygens (including phenoxy) is 1. The summed E-state index contributed by atoms with van der Waals surface area (Å²) < 4.78 is 46.0. The molecule has 0 aliphatic rings. The first kappa shape index (κ1) is 24.2. The van der Waals surface area contributed by atoms with Crippen molar-refractivity contribution in [3.63, 3.8) is 0 Å². The van der Waals surface area contributed by atoms with Crippen molar-refractivity contribution in [2.24, 2.45) is 0 Å². The summed E-state index contributed by atoms with van der Waals surface area (Å²) in [6.45, 7) is 1.86. The summed E-state index contributed by atoms with van der Waals surface area (Å²) in [5.41, 5.74) is 1.54. The van der Waals surface area contributed by atoms with E-state index in [0.717, 1.165) is 23.4 Å². The fourth-order valence-corrected chi connectivity index (χ4v) is 4.62. The number of aromatic nitrogens is 3. The number of fused-ring (bicyclic) bond motifs is 1. The van der Waals surface area contributed by atoms with Crippen molar-refractivity contribution < 1.29 is 44.8 Å². The van der Waals surface area contributed by atoms with Crippen molar-refractivity contribution in [3.05, 3.63) is 47.3 Å². The number of H-pyrrole nitrogens is 1. The first-order valence-corrected chi connectivity index (χ1v) is 10.8. The largest absolute Gasteiger partial charge is 1.00 e. The fraction of sp³-hybridized carbons (Fsp3) is 0.278. The highest BCUT2D eigenvalue weighted by atomic mass is 35.5. The molecule has 0 atom stereocenters. The molecule has 2 aromatic heterocycles. The van der Waals surface area contributed by atoms with Crippen LogP contribution in [0.3, 0.4) is 0 Å². The second-order valence-electron chi connectivity index (χ2n) is 6.03. The zero-order valence-corrected chi connectivity index (χ0v) is 18.2. The number of aliphatic carboxylic acids is 1. The molecule has 0 unspecified atom stereocenters. The first-order chi connectivity index (χ1) is 13.7. The first-order valence-electron chi connectivity index (χ1n) is 8.32. The van der Waals surface area contributed by atoms with Crippen LogP contribution in [-0.4, -0.2) is 33.9 Å². The van der Waals surface area contributed by atoms with Gasteiger partial charge in [0.1, 0.15) is 22.7 Å². The average Bonchev–Trinajstić information content (AvgIpc) is 3.08. The third-order valence-corrected chi connectivity index (χ3v) is 6.31. The van der Waals surface area contributed by atoms with Crippen molar-refractivity contribution in [1.29, 1.82) is 0 Å². The number of benzene rings is 1. The number of pyridine rings is 1. The van der Waals surface area contributed by atoms with Gasteiger partial charge in [-0.2, -0.15) is 13.2 Å². The number of imidazole rings is 1. The smallest absolute Gasteiger partial charge is 0.416 e. The Morgan fingerprint density at radius 2 is 2.03 bits per heavy atom. The van der Waals surface area contributed by atoms with Gasteiger partial charge in [-0.15, -0.1) is 0 Å². The van der Waals surface area contributed by atoms with E-state index in [9.17, 15) is 18.0 Å². The highest BCUT2D eigenvalue weighted by molar-refractivity contribution is 8.76. The van der Waals surface area contributed by atoms with Crippen LogP contribution in [-0.2, 0) is 16.7 Å². The Kier molecular flexibility index (Phi) is 7.89. The van der Waals surface area contributed by atoms with Gasteiger partial charge in [-0.3, -0.25) is 4.79 Å². The van der Waals surface area contributed by atoms with Crippen molar-refractivity contribution in [2.75, 3.05) is 12.9 Å². The Labute approximate surface area is 184 Å². The maximum atomic E-state index is 13.0. The van der Waals surface area contributed by atoms with Crippen LogP contribution in [0.1, 0.15) is 16.8 Å². The Bertz CT molecular complexity index is 1060. The molecule has 12 heteroatoms. The standard InChI is InChI=1S/C18H16F3N3O3S2.ClH/c1-10-14(8-28-29-9-16(25)26)24(6-5-15(10)27-2)17-22-12-4-3-11(18(19,20)21)7-13(12)23-17;/h3-7H,8-9H2,1-2H3,(H-,22,23,25,26);1H. The maximum Gasteiger partial charge on any atom is 0.416 e. The summed E-state index contributed by atoms with van der Waals surface area (Å²) in [4.78, 5) is 18.1. The van der Waals surface area contributed by atoms with Crippen LogP contribution in [0, 0.1) is 6.92 Å². The second kappa shape index (κ2) is 9.80. The molecule has 3 aromatic rings. The van der Waals surface area contributed by atoms with Crippen molar-refractivity contribution in [1.82, 2.24) is 9.97 Å². The molecule has 0 spiro atoms. The molecule has 0 saturated heterocycles. The minimum Gasteiger partial charge on any atom is -1.00 e. The number of methoxy groups -OCH3 is 1. The van der Waals surface area contributed by atoms with E-state index < -0.39 is 17.7 Å². The molecule has 3 rings (SSSR count). The van der Waals surface area contributed by atoms with Gasteiger partial charge in [-0.05, 0) is 25.1 Å². The molecule has 0 aliphatic carbocycles. The molecule has 0 saturated carbocycles. The van der Waals surface area contributed by atoms with Gasteiger partial charge in [0.05, 0.1) is 24.6 Å². The molecule has 0 fully saturated rings. The molecule has 162 valence electrons. The number of nitrogens with one attached hydrogen (secondary N) is 1. The van der Waals surface area contributed by atoms with Gasteiger partial charge < -0.3 is 22.3 Å². The number of rotatable bonds is 7. The number of halogens is 4. The molecule has 6 nitrogen and oxygen atoms in total. The van der Waals surface area contributed by atoms with Gasteiger partial charge in [0.15, 0.2) is 5.52 Å². The lowest BCUT2D eigenvalue weighted by Gasteiger charge is -2.12. The monoisotopic (exact) mass is 479 g/mol.